The van der Waals surface area contributed by atoms with E-state index in [-0.39, 0.29) is 17.7 Å². The normalized spacial score (nSPS) is 26.7. The number of carbonyl (C=O) groups is 1. The van der Waals surface area contributed by atoms with Gasteiger partial charge in [0.15, 0.2) is 5.82 Å². The van der Waals surface area contributed by atoms with Crippen molar-refractivity contribution in [3.05, 3.63) is 35.7 Å². The Morgan fingerprint density at radius 2 is 2.29 bits per heavy atom. The molecule has 4 rings (SSSR count). The summed E-state index contributed by atoms with van der Waals surface area (Å²) >= 11 is 0. The predicted molar refractivity (Wildman–Crippen MR) is 87.6 cm³/mol. The fourth-order valence-electron chi connectivity index (χ4n) is 3.65. The van der Waals surface area contributed by atoms with Gasteiger partial charge < -0.3 is 15.0 Å². The summed E-state index contributed by atoms with van der Waals surface area (Å²) in [5, 5.41) is 20.3. The number of nitrogens with one attached hydrogen (secondary N) is 2. The Labute approximate surface area is 140 Å². The molecule has 3 N–H and O–H groups in total. The highest BCUT2D eigenvalue weighted by molar-refractivity contribution is 5.92. The van der Waals surface area contributed by atoms with Crippen LogP contribution in [0.2, 0.25) is 0 Å². The molecule has 2 aliphatic rings. The van der Waals surface area contributed by atoms with E-state index in [2.05, 4.69) is 25.1 Å². The topological polar surface area (TPSA) is 95.8 Å². The van der Waals surface area contributed by atoms with Crippen molar-refractivity contribution in [2.24, 2.45) is 5.92 Å². The summed E-state index contributed by atoms with van der Waals surface area (Å²) in [5.74, 6) is 1.70. The van der Waals surface area contributed by atoms with Gasteiger partial charge in [-0.3, -0.25) is 9.89 Å². The second kappa shape index (κ2) is 6.05. The Hall–Kier alpha value is -2.15. The fraction of sp³-hybridized carbons (Fsp3) is 0.588. The molecule has 0 saturated heterocycles. The lowest BCUT2D eigenvalue weighted by Gasteiger charge is -2.15. The third-order valence-electron chi connectivity index (χ3n) is 5.11. The van der Waals surface area contributed by atoms with Crippen molar-refractivity contribution in [3.63, 3.8) is 0 Å². The minimum Gasteiger partial charge on any atom is -0.393 e. The highest BCUT2D eigenvalue weighted by Crippen LogP contribution is 2.37. The molecule has 3 atom stereocenters. The Kier molecular flexibility index (Phi) is 3.88. The molecule has 0 aromatic carbocycles. The third kappa shape index (κ3) is 2.96. The summed E-state index contributed by atoms with van der Waals surface area (Å²) < 4.78 is 2.06. The lowest BCUT2D eigenvalue weighted by molar-refractivity contribution is 0.0907. The first-order valence-corrected chi connectivity index (χ1v) is 8.64. The van der Waals surface area contributed by atoms with Gasteiger partial charge in [0.1, 0.15) is 11.5 Å². The molecule has 0 unspecified atom stereocenters. The third-order valence-corrected chi connectivity index (χ3v) is 5.11. The number of aryl methyl sites for hydroxylation is 1. The van der Waals surface area contributed by atoms with Gasteiger partial charge in [0, 0.05) is 30.6 Å². The minimum absolute atomic E-state index is 0.0436. The van der Waals surface area contributed by atoms with Crippen LogP contribution >= 0.6 is 0 Å². The molecule has 1 amide bonds. The number of hydrogen-bond acceptors (Lipinski definition) is 4. The largest absolute Gasteiger partial charge is 0.393 e. The van der Waals surface area contributed by atoms with E-state index in [1.165, 1.54) is 0 Å². The van der Waals surface area contributed by atoms with Crippen LogP contribution in [-0.2, 0) is 0 Å². The van der Waals surface area contributed by atoms with Gasteiger partial charge in [-0.05, 0) is 44.7 Å². The number of aromatic amines is 1. The van der Waals surface area contributed by atoms with Gasteiger partial charge in [-0.2, -0.15) is 5.10 Å². The predicted octanol–water partition coefficient (Wildman–Crippen LogP) is 1.53. The number of hydrogen-bond donors (Lipinski definition) is 3. The maximum absolute atomic E-state index is 12.4. The average molecular weight is 329 g/mol. The number of nitrogens with zero attached hydrogens (tertiary/aromatic N) is 3. The quantitative estimate of drug-likeness (QED) is 0.775. The monoisotopic (exact) mass is 329 g/mol. The van der Waals surface area contributed by atoms with Crippen LogP contribution in [0, 0.1) is 12.8 Å². The molecule has 7 nitrogen and oxygen atoms in total. The molecule has 0 spiro atoms. The molecule has 24 heavy (non-hydrogen) atoms. The van der Waals surface area contributed by atoms with Gasteiger partial charge in [-0.25, -0.2) is 4.98 Å². The lowest BCUT2D eigenvalue weighted by Crippen LogP contribution is -2.33. The first-order chi connectivity index (χ1) is 11.6. The second-order valence-corrected chi connectivity index (χ2v) is 7.02. The molecule has 7 heteroatoms. The number of carbonyl (C=O) groups excluding carboxylic acids is 1. The molecular weight excluding hydrogens is 306 g/mol. The average Bonchev–Trinajstić information content (AvgIpc) is 2.97. The van der Waals surface area contributed by atoms with E-state index in [4.69, 9.17) is 0 Å². The Morgan fingerprint density at radius 1 is 1.46 bits per heavy atom. The molecule has 0 bridgehead atoms. The van der Waals surface area contributed by atoms with E-state index in [1.807, 2.05) is 25.3 Å². The summed E-state index contributed by atoms with van der Waals surface area (Å²) in [6, 6.07) is 4.26. The van der Waals surface area contributed by atoms with Crippen molar-refractivity contribution in [1.29, 1.82) is 0 Å². The van der Waals surface area contributed by atoms with Gasteiger partial charge in [0.05, 0.1) is 6.10 Å². The smallest absolute Gasteiger partial charge is 0.267 e. The molecule has 2 fully saturated rings. The van der Waals surface area contributed by atoms with Crippen molar-refractivity contribution in [3.8, 4) is 0 Å². The van der Waals surface area contributed by atoms with E-state index in [1.54, 1.807) is 0 Å². The van der Waals surface area contributed by atoms with Gasteiger partial charge >= 0.3 is 0 Å². The van der Waals surface area contributed by atoms with Crippen molar-refractivity contribution in [2.45, 2.75) is 50.7 Å². The number of H-pyrrole nitrogens is 1. The Bertz CT molecular complexity index is 733. The summed E-state index contributed by atoms with van der Waals surface area (Å²) in [4.78, 5) is 16.8. The van der Waals surface area contributed by atoms with Crippen LogP contribution in [0.15, 0.2) is 18.3 Å². The van der Waals surface area contributed by atoms with Crippen molar-refractivity contribution < 1.29 is 9.90 Å². The summed E-state index contributed by atoms with van der Waals surface area (Å²) in [5.41, 5.74) is 0.714. The molecule has 2 aliphatic carbocycles. The van der Waals surface area contributed by atoms with Crippen LogP contribution < -0.4 is 5.32 Å². The number of aromatic nitrogens is 4. The molecule has 128 valence electrons. The van der Waals surface area contributed by atoms with E-state index < -0.39 is 6.10 Å². The molecule has 2 saturated carbocycles. The maximum Gasteiger partial charge on any atom is 0.267 e. The van der Waals surface area contributed by atoms with Crippen LogP contribution in [0.5, 0.6) is 0 Å². The zero-order valence-electron chi connectivity index (χ0n) is 13.8. The SMILES string of the molecule is Cc1nc([C@H]2C[C@H](CNC(=O)c3cccn3C3CC3)[C@H](O)C2)n[nH]1. The van der Waals surface area contributed by atoms with Gasteiger partial charge in [0.2, 0.25) is 0 Å². The van der Waals surface area contributed by atoms with Crippen molar-refractivity contribution in [2.75, 3.05) is 6.54 Å². The summed E-state index contributed by atoms with van der Waals surface area (Å²) in [6.07, 6.45) is 5.28. The van der Waals surface area contributed by atoms with E-state index in [9.17, 15) is 9.90 Å². The maximum atomic E-state index is 12.4. The van der Waals surface area contributed by atoms with Crippen LogP contribution in [0.25, 0.3) is 0 Å². The first-order valence-electron chi connectivity index (χ1n) is 8.64. The molecule has 0 aliphatic heterocycles. The number of aliphatic hydroxyl groups excluding tert-OH is 1. The zero-order valence-corrected chi connectivity index (χ0v) is 13.8. The number of rotatable bonds is 5. The number of aliphatic hydroxyl groups is 1. The van der Waals surface area contributed by atoms with E-state index in [0.29, 0.717) is 24.7 Å². The highest BCUT2D eigenvalue weighted by atomic mass is 16.3. The molecule has 2 aromatic rings. The zero-order chi connectivity index (χ0) is 16.7. The van der Waals surface area contributed by atoms with Crippen LogP contribution in [0.4, 0.5) is 0 Å². The fourth-order valence-corrected chi connectivity index (χ4v) is 3.65. The standard InChI is InChI=1S/C17H23N5O2/c1-10-19-16(21-20-10)11-7-12(15(23)8-11)9-18-17(24)14-3-2-6-22(14)13-4-5-13/h2-3,6,11-13,15,23H,4-5,7-9H2,1H3,(H,18,24)(H,19,20,21)/t11-,12+,15+/m0/s1. The van der Waals surface area contributed by atoms with Crippen LogP contribution in [-0.4, -0.2) is 43.4 Å². The molecule has 2 aromatic heterocycles. The molecule has 2 heterocycles. The van der Waals surface area contributed by atoms with Crippen molar-refractivity contribution >= 4 is 5.91 Å². The Balaban J connectivity index is 1.35. The summed E-state index contributed by atoms with van der Waals surface area (Å²) in [7, 11) is 0. The number of amides is 1. The van der Waals surface area contributed by atoms with Gasteiger partial charge in [0.25, 0.3) is 5.91 Å². The van der Waals surface area contributed by atoms with E-state index in [0.717, 1.165) is 30.9 Å². The van der Waals surface area contributed by atoms with Crippen molar-refractivity contribution in [1.82, 2.24) is 25.1 Å². The summed E-state index contributed by atoms with van der Waals surface area (Å²) in [6.45, 7) is 2.35. The van der Waals surface area contributed by atoms with Gasteiger partial charge in [-0.1, -0.05) is 0 Å². The van der Waals surface area contributed by atoms with E-state index >= 15 is 0 Å². The van der Waals surface area contributed by atoms with Crippen LogP contribution in [0.3, 0.4) is 0 Å². The second-order valence-electron chi connectivity index (χ2n) is 7.02. The molecular formula is C17H23N5O2. The molecule has 0 radical (unpaired) electrons. The van der Waals surface area contributed by atoms with Gasteiger partial charge in [-0.15, -0.1) is 0 Å². The lowest BCUT2D eigenvalue weighted by atomic mass is 10.0. The highest BCUT2D eigenvalue weighted by Gasteiger charge is 2.36. The first kappa shape index (κ1) is 15.4. The Morgan fingerprint density at radius 3 is 3.00 bits per heavy atom. The minimum atomic E-state index is -0.427. The van der Waals surface area contributed by atoms with Crippen LogP contribution in [0.1, 0.15) is 59.8 Å².